The van der Waals surface area contributed by atoms with Crippen LogP contribution in [0.25, 0.3) is 0 Å². The fraction of sp³-hybridized carbons (Fsp3) is 1.00. The van der Waals surface area contributed by atoms with Gasteiger partial charge in [-0.1, -0.05) is 0 Å². The highest BCUT2D eigenvalue weighted by molar-refractivity contribution is 6.17. The number of halogens is 1. The number of nitrogens with zero attached hydrogens (tertiary/aromatic N) is 1. The first-order valence-electron chi connectivity index (χ1n) is 4.91. The molecule has 13 heavy (non-hydrogen) atoms. The Kier molecular flexibility index (Phi) is 3.44. The van der Waals surface area contributed by atoms with Crippen LogP contribution in [-0.4, -0.2) is 55.8 Å². The van der Waals surface area contributed by atoms with Gasteiger partial charge in [0.15, 0.2) is 0 Å². The molecular weight excluding hydrogens is 190 g/mol. The van der Waals surface area contributed by atoms with Crippen molar-refractivity contribution in [3.05, 3.63) is 0 Å². The maximum atomic E-state index is 5.64. The minimum absolute atomic E-state index is 0.309. The van der Waals surface area contributed by atoms with E-state index in [9.17, 15) is 0 Å². The van der Waals surface area contributed by atoms with E-state index < -0.39 is 0 Å². The first kappa shape index (κ1) is 9.71. The van der Waals surface area contributed by atoms with Gasteiger partial charge in [-0.15, -0.1) is 11.6 Å². The molecule has 2 unspecified atom stereocenters. The maximum absolute atomic E-state index is 5.64. The molecule has 2 fully saturated rings. The second kappa shape index (κ2) is 4.60. The van der Waals surface area contributed by atoms with Crippen molar-refractivity contribution in [2.75, 3.05) is 38.7 Å². The van der Waals surface area contributed by atoms with Crippen molar-refractivity contribution in [3.8, 4) is 0 Å². The molecule has 2 aliphatic heterocycles. The molecule has 0 aromatic carbocycles. The highest BCUT2D eigenvalue weighted by Gasteiger charge is 2.35. The Bertz CT molecular complexity index is 154. The van der Waals surface area contributed by atoms with E-state index in [-0.39, 0.29) is 0 Å². The van der Waals surface area contributed by atoms with E-state index in [2.05, 4.69) is 4.90 Å². The van der Waals surface area contributed by atoms with Gasteiger partial charge in [-0.25, -0.2) is 0 Å². The lowest BCUT2D eigenvalue weighted by Crippen LogP contribution is -2.36. The lowest BCUT2D eigenvalue weighted by Gasteiger charge is -2.24. The van der Waals surface area contributed by atoms with E-state index in [0.29, 0.717) is 12.2 Å². The number of hydrogen-bond acceptors (Lipinski definition) is 3. The molecule has 0 amide bonds. The molecule has 0 aromatic heterocycles. The summed E-state index contributed by atoms with van der Waals surface area (Å²) in [4.78, 5) is 2.38. The van der Waals surface area contributed by atoms with Crippen LogP contribution in [0.15, 0.2) is 0 Å². The van der Waals surface area contributed by atoms with E-state index in [4.69, 9.17) is 21.1 Å². The zero-order chi connectivity index (χ0) is 9.10. The van der Waals surface area contributed by atoms with Crippen LogP contribution in [0.3, 0.4) is 0 Å². The predicted molar refractivity (Wildman–Crippen MR) is 51.3 cm³/mol. The SMILES string of the molecule is ClCCCN1CC2OCCOC2C1. The third-order valence-electron chi connectivity index (χ3n) is 2.65. The number of likely N-dealkylation sites (tertiary alicyclic amines) is 1. The summed E-state index contributed by atoms with van der Waals surface area (Å²) in [6.07, 6.45) is 1.68. The average molecular weight is 206 g/mol. The molecule has 0 aromatic rings. The number of ether oxygens (including phenoxy) is 2. The Morgan fingerprint density at radius 2 is 1.77 bits per heavy atom. The first-order valence-corrected chi connectivity index (χ1v) is 5.45. The second-order valence-electron chi connectivity index (χ2n) is 3.62. The maximum Gasteiger partial charge on any atom is 0.0976 e. The highest BCUT2D eigenvalue weighted by Crippen LogP contribution is 2.19. The Morgan fingerprint density at radius 3 is 2.31 bits per heavy atom. The van der Waals surface area contributed by atoms with Crippen LogP contribution in [0.4, 0.5) is 0 Å². The van der Waals surface area contributed by atoms with Crippen molar-refractivity contribution in [1.29, 1.82) is 0 Å². The molecule has 3 nitrogen and oxygen atoms in total. The molecule has 0 radical (unpaired) electrons. The number of hydrogen-bond donors (Lipinski definition) is 0. The molecule has 0 bridgehead atoms. The lowest BCUT2D eigenvalue weighted by atomic mass is 10.2. The van der Waals surface area contributed by atoms with Gasteiger partial charge in [0.2, 0.25) is 0 Å². The monoisotopic (exact) mass is 205 g/mol. The summed E-state index contributed by atoms with van der Waals surface area (Å²) in [6, 6.07) is 0. The zero-order valence-electron chi connectivity index (χ0n) is 7.75. The normalized spacial score (nSPS) is 34.8. The van der Waals surface area contributed by atoms with Gasteiger partial charge in [0.25, 0.3) is 0 Å². The summed E-state index contributed by atoms with van der Waals surface area (Å²) in [5.41, 5.74) is 0. The largest absolute Gasteiger partial charge is 0.372 e. The minimum atomic E-state index is 0.309. The second-order valence-corrected chi connectivity index (χ2v) is 4.00. The Labute approximate surface area is 83.9 Å². The van der Waals surface area contributed by atoms with E-state index in [0.717, 1.165) is 45.1 Å². The van der Waals surface area contributed by atoms with E-state index in [1.165, 1.54) is 0 Å². The Hall–Kier alpha value is 0.170. The van der Waals surface area contributed by atoms with Crippen LogP contribution in [0, 0.1) is 0 Å². The molecule has 2 aliphatic rings. The predicted octanol–water partition coefficient (Wildman–Crippen LogP) is 0.715. The standard InChI is InChI=1S/C9H16ClNO2/c10-2-1-3-11-6-8-9(7-11)13-5-4-12-8/h8-9H,1-7H2. The number of rotatable bonds is 3. The number of alkyl halides is 1. The van der Waals surface area contributed by atoms with Gasteiger partial charge in [-0.3, -0.25) is 4.90 Å². The van der Waals surface area contributed by atoms with Gasteiger partial charge in [0.05, 0.1) is 25.4 Å². The van der Waals surface area contributed by atoms with Crippen LogP contribution in [0.1, 0.15) is 6.42 Å². The number of fused-ring (bicyclic) bond motifs is 1. The summed E-state index contributed by atoms with van der Waals surface area (Å²) >= 11 is 5.64. The molecule has 2 heterocycles. The van der Waals surface area contributed by atoms with Crippen LogP contribution in [0.2, 0.25) is 0 Å². The highest BCUT2D eigenvalue weighted by atomic mass is 35.5. The zero-order valence-corrected chi connectivity index (χ0v) is 8.50. The van der Waals surface area contributed by atoms with Crippen LogP contribution in [0.5, 0.6) is 0 Å². The molecule has 0 spiro atoms. The summed E-state index contributed by atoms with van der Waals surface area (Å²) < 4.78 is 11.2. The van der Waals surface area contributed by atoms with Gasteiger partial charge in [-0.05, 0) is 13.0 Å². The van der Waals surface area contributed by atoms with Crippen molar-refractivity contribution in [1.82, 2.24) is 4.90 Å². The van der Waals surface area contributed by atoms with Crippen LogP contribution in [-0.2, 0) is 9.47 Å². The molecule has 0 saturated carbocycles. The van der Waals surface area contributed by atoms with Gasteiger partial charge in [0, 0.05) is 19.0 Å². The summed E-state index contributed by atoms with van der Waals surface area (Å²) in [5, 5.41) is 0. The minimum Gasteiger partial charge on any atom is -0.372 e. The molecule has 0 N–H and O–H groups in total. The average Bonchev–Trinajstić information content (AvgIpc) is 2.57. The third-order valence-corrected chi connectivity index (χ3v) is 2.91. The molecule has 2 atom stereocenters. The van der Waals surface area contributed by atoms with Crippen LogP contribution >= 0.6 is 11.6 Å². The first-order chi connectivity index (χ1) is 6.40. The molecule has 76 valence electrons. The summed E-state index contributed by atoms with van der Waals surface area (Å²) in [6.45, 7) is 4.61. The van der Waals surface area contributed by atoms with Gasteiger partial charge >= 0.3 is 0 Å². The Morgan fingerprint density at radius 1 is 1.15 bits per heavy atom. The van der Waals surface area contributed by atoms with Gasteiger partial charge in [-0.2, -0.15) is 0 Å². The lowest BCUT2D eigenvalue weighted by molar-refractivity contribution is -0.116. The van der Waals surface area contributed by atoms with E-state index in [1.807, 2.05) is 0 Å². The van der Waals surface area contributed by atoms with E-state index >= 15 is 0 Å². The molecule has 2 saturated heterocycles. The molecule has 4 heteroatoms. The van der Waals surface area contributed by atoms with Gasteiger partial charge in [0.1, 0.15) is 0 Å². The van der Waals surface area contributed by atoms with Crippen molar-refractivity contribution in [2.24, 2.45) is 0 Å². The molecular formula is C9H16ClNO2. The fourth-order valence-corrected chi connectivity index (χ4v) is 2.12. The Balaban J connectivity index is 1.77. The van der Waals surface area contributed by atoms with Gasteiger partial charge < -0.3 is 9.47 Å². The molecule has 2 rings (SSSR count). The third kappa shape index (κ3) is 2.34. The van der Waals surface area contributed by atoms with Crippen molar-refractivity contribution < 1.29 is 9.47 Å². The van der Waals surface area contributed by atoms with E-state index in [1.54, 1.807) is 0 Å². The van der Waals surface area contributed by atoms with Crippen molar-refractivity contribution >= 4 is 11.6 Å². The van der Waals surface area contributed by atoms with Crippen molar-refractivity contribution in [2.45, 2.75) is 18.6 Å². The topological polar surface area (TPSA) is 21.7 Å². The molecule has 0 aliphatic carbocycles. The van der Waals surface area contributed by atoms with Crippen molar-refractivity contribution in [3.63, 3.8) is 0 Å². The smallest absolute Gasteiger partial charge is 0.0976 e. The van der Waals surface area contributed by atoms with Crippen LogP contribution < -0.4 is 0 Å². The summed E-state index contributed by atoms with van der Waals surface area (Å²) in [5.74, 6) is 0.744. The fourth-order valence-electron chi connectivity index (χ4n) is 2.00. The quantitative estimate of drug-likeness (QED) is 0.634. The summed E-state index contributed by atoms with van der Waals surface area (Å²) in [7, 11) is 0.